The molecule has 0 amide bonds. The van der Waals surface area contributed by atoms with Crippen molar-refractivity contribution in [1.82, 2.24) is 0 Å². The molecule has 1 aliphatic heterocycles. The summed E-state index contributed by atoms with van der Waals surface area (Å²) < 4.78 is 5.83. The summed E-state index contributed by atoms with van der Waals surface area (Å²) in [5.74, 6) is 0.539. The van der Waals surface area contributed by atoms with E-state index in [1.54, 1.807) is 12.1 Å². The van der Waals surface area contributed by atoms with Crippen LogP contribution in [0, 0.1) is 0 Å². The lowest BCUT2D eigenvalue weighted by Crippen LogP contribution is -1.98. The van der Waals surface area contributed by atoms with Crippen LogP contribution in [0.15, 0.2) is 42.5 Å². The molecular weight excluding hydrogens is 228 g/mol. The molecule has 0 aliphatic carbocycles. The third kappa shape index (κ3) is 1.84. The number of ether oxygens (including phenoxy) is 1. The zero-order valence-corrected chi connectivity index (χ0v) is 9.72. The Morgan fingerprint density at radius 1 is 1.00 bits per heavy atom. The minimum atomic E-state index is -0.932. The van der Waals surface area contributed by atoms with E-state index in [9.17, 15) is 4.79 Å². The van der Waals surface area contributed by atoms with Gasteiger partial charge in [-0.2, -0.15) is 0 Å². The highest BCUT2D eigenvalue weighted by atomic mass is 16.5. The van der Waals surface area contributed by atoms with Crippen molar-refractivity contribution < 1.29 is 14.6 Å². The van der Waals surface area contributed by atoms with Crippen LogP contribution in [0.2, 0.25) is 0 Å². The van der Waals surface area contributed by atoms with Crippen molar-refractivity contribution in [1.29, 1.82) is 0 Å². The maximum Gasteiger partial charge on any atom is 0.335 e. The van der Waals surface area contributed by atoms with Gasteiger partial charge in [0.1, 0.15) is 11.5 Å². The van der Waals surface area contributed by atoms with E-state index in [0.29, 0.717) is 5.75 Å². The molecule has 2 aromatic carbocycles. The molecular formula is C15H12O3. The number of fused-ring (bicyclic) bond motifs is 2. The summed E-state index contributed by atoms with van der Waals surface area (Å²) in [5.41, 5.74) is 2.47. The van der Waals surface area contributed by atoms with Crippen molar-refractivity contribution in [2.24, 2.45) is 0 Å². The number of rotatable bonds is 1. The lowest BCUT2D eigenvalue weighted by Gasteiger charge is -2.09. The Morgan fingerprint density at radius 3 is 2.50 bits per heavy atom. The second-order valence-corrected chi connectivity index (χ2v) is 4.34. The number of aromatic carboxylic acids is 1. The van der Waals surface area contributed by atoms with Crippen molar-refractivity contribution in [3.63, 3.8) is 0 Å². The lowest BCUT2D eigenvalue weighted by atomic mass is 10.0. The fourth-order valence-corrected chi connectivity index (χ4v) is 2.19. The van der Waals surface area contributed by atoms with E-state index in [0.717, 1.165) is 29.7 Å². The molecule has 3 rings (SSSR count). The average Bonchev–Trinajstić information content (AvgIpc) is 2.56. The van der Waals surface area contributed by atoms with Gasteiger partial charge in [0.15, 0.2) is 0 Å². The molecule has 2 aromatic rings. The predicted molar refractivity (Wildman–Crippen MR) is 67.3 cm³/mol. The van der Waals surface area contributed by atoms with E-state index >= 15 is 0 Å². The van der Waals surface area contributed by atoms with Crippen LogP contribution in [0.4, 0.5) is 0 Å². The van der Waals surface area contributed by atoms with Crippen LogP contribution >= 0.6 is 0 Å². The number of hydrogen-bond donors (Lipinski definition) is 1. The third-order valence-corrected chi connectivity index (χ3v) is 3.17. The van der Waals surface area contributed by atoms with Gasteiger partial charge in [-0.25, -0.2) is 4.79 Å². The van der Waals surface area contributed by atoms with Crippen molar-refractivity contribution in [2.75, 3.05) is 0 Å². The smallest absolute Gasteiger partial charge is 0.335 e. The molecule has 0 aromatic heterocycles. The number of benzene rings is 2. The normalized spacial score (nSPS) is 12.9. The van der Waals surface area contributed by atoms with Gasteiger partial charge in [-0.15, -0.1) is 0 Å². The first-order valence-electron chi connectivity index (χ1n) is 5.86. The molecule has 0 radical (unpaired) electrons. The minimum absolute atomic E-state index is 0.258. The zero-order chi connectivity index (χ0) is 12.5. The monoisotopic (exact) mass is 240 g/mol. The second-order valence-electron chi connectivity index (χ2n) is 4.34. The molecule has 1 aliphatic rings. The second kappa shape index (κ2) is 4.18. The topological polar surface area (TPSA) is 46.5 Å². The first kappa shape index (κ1) is 10.8. The van der Waals surface area contributed by atoms with Gasteiger partial charge in [-0.05, 0) is 42.2 Å². The summed E-state index contributed by atoms with van der Waals surface area (Å²) in [6.07, 6.45) is 1.78. The molecule has 0 unspecified atom stereocenters. The Kier molecular flexibility index (Phi) is 2.52. The number of carboxylic acids is 1. The molecule has 3 heteroatoms. The standard InChI is InChI=1S/C15H12O3/c16-15(17)12-8-7-11-6-5-10-3-1-2-4-13(10)18-14(11)9-12/h1-4,7-9H,5-6H2,(H,16,17). The van der Waals surface area contributed by atoms with Gasteiger partial charge in [-0.1, -0.05) is 24.3 Å². The minimum Gasteiger partial charge on any atom is -0.478 e. The van der Waals surface area contributed by atoms with E-state index in [1.165, 1.54) is 0 Å². The maximum atomic E-state index is 11.0. The van der Waals surface area contributed by atoms with E-state index < -0.39 is 5.97 Å². The molecule has 0 saturated heterocycles. The molecule has 0 fully saturated rings. The van der Waals surface area contributed by atoms with E-state index in [1.807, 2.05) is 30.3 Å². The predicted octanol–water partition coefficient (Wildman–Crippen LogP) is 3.28. The summed E-state index contributed by atoms with van der Waals surface area (Å²) in [6.45, 7) is 0. The molecule has 1 heterocycles. The van der Waals surface area contributed by atoms with Crippen molar-refractivity contribution in [3.05, 3.63) is 59.2 Å². The fourth-order valence-electron chi connectivity index (χ4n) is 2.19. The Hall–Kier alpha value is -2.29. The Morgan fingerprint density at radius 2 is 1.72 bits per heavy atom. The molecule has 18 heavy (non-hydrogen) atoms. The highest BCUT2D eigenvalue weighted by Gasteiger charge is 2.15. The van der Waals surface area contributed by atoms with Gasteiger partial charge in [0.2, 0.25) is 0 Å². The van der Waals surface area contributed by atoms with Gasteiger partial charge < -0.3 is 9.84 Å². The number of carbonyl (C=O) groups is 1. The van der Waals surface area contributed by atoms with Crippen LogP contribution in [-0.4, -0.2) is 11.1 Å². The highest BCUT2D eigenvalue weighted by molar-refractivity contribution is 5.88. The number of para-hydroxylation sites is 1. The summed E-state index contributed by atoms with van der Waals surface area (Å²) >= 11 is 0. The van der Waals surface area contributed by atoms with Crippen LogP contribution in [0.5, 0.6) is 11.5 Å². The van der Waals surface area contributed by atoms with Gasteiger partial charge in [0, 0.05) is 0 Å². The van der Waals surface area contributed by atoms with Gasteiger partial charge in [-0.3, -0.25) is 0 Å². The summed E-state index contributed by atoms with van der Waals surface area (Å²) in [6, 6.07) is 12.9. The number of carboxylic acid groups (broad SMARTS) is 1. The summed E-state index contributed by atoms with van der Waals surface area (Å²) in [7, 11) is 0. The molecule has 0 saturated carbocycles. The largest absolute Gasteiger partial charge is 0.478 e. The Labute approximate surface area is 105 Å². The van der Waals surface area contributed by atoms with Crippen LogP contribution in [-0.2, 0) is 12.8 Å². The van der Waals surface area contributed by atoms with Crippen LogP contribution < -0.4 is 4.74 Å². The molecule has 1 N–H and O–H groups in total. The van der Waals surface area contributed by atoms with Crippen LogP contribution in [0.3, 0.4) is 0 Å². The number of hydrogen-bond acceptors (Lipinski definition) is 2. The Bertz CT molecular complexity index is 617. The van der Waals surface area contributed by atoms with E-state index in [-0.39, 0.29) is 5.56 Å². The van der Waals surface area contributed by atoms with E-state index in [4.69, 9.17) is 9.84 Å². The van der Waals surface area contributed by atoms with Crippen molar-refractivity contribution >= 4 is 5.97 Å². The third-order valence-electron chi connectivity index (χ3n) is 3.17. The Balaban J connectivity index is 2.07. The van der Waals surface area contributed by atoms with Gasteiger partial charge in [0.25, 0.3) is 0 Å². The van der Waals surface area contributed by atoms with Crippen LogP contribution in [0.1, 0.15) is 21.5 Å². The lowest BCUT2D eigenvalue weighted by molar-refractivity contribution is 0.0696. The first-order chi connectivity index (χ1) is 8.74. The number of aryl methyl sites for hydroxylation is 2. The molecule has 90 valence electrons. The fraction of sp³-hybridized carbons (Fsp3) is 0.133. The quantitative estimate of drug-likeness (QED) is 0.832. The first-order valence-corrected chi connectivity index (χ1v) is 5.86. The van der Waals surface area contributed by atoms with Gasteiger partial charge in [0.05, 0.1) is 5.56 Å². The average molecular weight is 240 g/mol. The van der Waals surface area contributed by atoms with Crippen molar-refractivity contribution in [2.45, 2.75) is 12.8 Å². The molecule has 3 nitrogen and oxygen atoms in total. The van der Waals surface area contributed by atoms with Crippen molar-refractivity contribution in [3.8, 4) is 11.5 Å². The zero-order valence-electron chi connectivity index (χ0n) is 9.72. The highest BCUT2D eigenvalue weighted by Crippen LogP contribution is 2.33. The molecule has 0 atom stereocenters. The SMILES string of the molecule is O=C(O)c1ccc2c(c1)Oc1ccccc1CC2. The van der Waals surface area contributed by atoms with Gasteiger partial charge >= 0.3 is 5.97 Å². The molecule has 0 spiro atoms. The maximum absolute atomic E-state index is 11.0. The molecule has 0 bridgehead atoms. The van der Waals surface area contributed by atoms with Crippen LogP contribution in [0.25, 0.3) is 0 Å². The van der Waals surface area contributed by atoms with E-state index in [2.05, 4.69) is 0 Å². The summed E-state index contributed by atoms with van der Waals surface area (Å²) in [5, 5.41) is 9.00. The summed E-state index contributed by atoms with van der Waals surface area (Å²) in [4.78, 5) is 11.0.